The van der Waals surface area contributed by atoms with Gasteiger partial charge in [-0.05, 0) is 42.9 Å². The average molecular weight is 368 g/mol. The molecule has 0 aliphatic carbocycles. The Labute approximate surface area is 160 Å². The molecule has 27 heavy (non-hydrogen) atoms. The van der Waals surface area contributed by atoms with Gasteiger partial charge in [-0.2, -0.15) is 0 Å². The minimum atomic E-state index is -0.422. The molecule has 144 valence electrons. The van der Waals surface area contributed by atoms with Crippen LogP contribution < -0.4 is 20.7 Å². The van der Waals surface area contributed by atoms with E-state index < -0.39 is 5.91 Å². The van der Waals surface area contributed by atoms with Crippen LogP contribution in [0, 0.1) is 0 Å². The SMILES string of the molecule is CCN(CC)CCOc1cccc(C2Nc3cccc(C(N)=O)c3N2C)c1. The Hall–Kier alpha value is -2.73. The molecule has 6 nitrogen and oxygen atoms in total. The summed E-state index contributed by atoms with van der Waals surface area (Å²) in [6.45, 7) is 7.93. The number of nitrogens with one attached hydrogen (secondary N) is 1. The van der Waals surface area contributed by atoms with E-state index >= 15 is 0 Å². The zero-order valence-electron chi connectivity index (χ0n) is 16.2. The molecular weight excluding hydrogens is 340 g/mol. The van der Waals surface area contributed by atoms with Crippen LogP contribution in [0.15, 0.2) is 42.5 Å². The zero-order chi connectivity index (χ0) is 19.4. The number of nitrogens with two attached hydrogens (primary N) is 1. The van der Waals surface area contributed by atoms with Crippen LogP contribution in [-0.4, -0.2) is 44.1 Å². The third kappa shape index (κ3) is 4.01. The van der Waals surface area contributed by atoms with E-state index in [2.05, 4.69) is 30.1 Å². The fraction of sp³-hybridized carbons (Fsp3) is 0.381. The van der Waals surface area contributed by atoms with Crippen molar-refractivity contribution in [3.8, 4) is 5.75 Å². The lowest BCUT2D eigenvalue weighted by molar-refractivity contribution is 0.100. The Morgan fingerprint density at radius 3 is 2.67 bits per heavy atom. The second kappa shape index (κ2) is 8.31. The van der Waals surface area contributed by atoms with Crippen LogP contribution in [0.25, 0.3) is 0 Å². The maximum absolute atomic E-state index is 11.8. The number of carbonyl (C=O) groups is 1. The molecule has 0 fully saturated rings. The number of anilines is 2. The highest BCUT2D eigenvalue weighted by atomic mass is 16.5. The van der Waals surface area contributed by atoms with Gasteiger partial charge in [0, 0.05) is 13.6 Å². The van der Waals surface area contributed by atoms with Crippen LogP contribution in [-0.2, 0) is 0 Å². The van der Waals surface area contributed by atoms with Gasteiger partial charge >= 0.3 is 0 Å². The van der Waals surface area contributed by atoms with Crippen molar-refractivity contribution in [3.63, 3.8) is 0 Å². The number of nitrogens with zero attached hydrogens (tertiary/aromatic N) is 2. The lowest BCUT2D eigenvalue weighted by Gasteiger charge is -2.24. The number of fused-ring (bicyclic) bond motifs is 1. The molecule has 0 saturated heterocycles. The zero-order valence-corrected chi connectivity index (χ0v) is 16.2. The lowest BCUT2D eigenvalue weighted by Crippen LogP contribution is -2.28. The van der Waals surface area contributed by atoms with Crippen LogP contribution >= 0.6 is 0 Å². The topological polar surface area (TPSA) is 70.8 Å². The van der Waals surface area contributed by atoms with E-state index in [1.165, 1.54) is 0 Å². The van der Waals surface area contributed by atoms with Crippen LogP contribution in [0.5, 0.6) is 5.75 Å². The quantitative estimate of drug-likeness (QED) is 0.749. The highest BCUT2D eigenvalue weighted by Crippen LogP contribution is 2.42. The average Bonchev–Trinajstić information content (AvgIpc) is 3.02. The highest BCUT2D eigenvalue weighted by Gasteiger charge is 2.30. The first kappa shape index (κ1) is 19.0. The summed E-state index contributed by atoms with van der Waals surface area (Å²) in [5, 5.41) is 3.47. The number of hydrogen-bond acceptors (Lipinski definition) is 5. The predicted molar refractivity (Wildman–Crippen MR) is 109 cm³/mol. The first-order valence-electron chi connectivity index (χ1n) is 9.42. The molecule has 3 rings (SSSR count). The van der Waals surface area contributed by atoms with Crippen LogP contribution in [0.4, 0.5) is 11.4 Å². The smallest absolute Gasteiger partial charge is 0.250 e. The van der Waals surface area contributed by atoms with Gasteiger partial charge in [0.2, 0.25) is 0 Å². The maximum atomic E-state index is 11.8. The molecular formula is C21H28N4O2. The molecule has 1 atom stereocenters. The van der Waals surface area contributed by atoms with Crippen LogP contribution in [0.3, 0.4) is 0 Å². The summed E-state index contributed by atoms with van der Waals surface area (Å²) in [5.74, 6) is 0.426. The number of amides is 1. The molecule has 1 aliphatic rings. The minimum absolute atomic E-state index is 0.0770. The molecule has 2 aromatic carbocycles. The van der Waals surface area contributed by atoms with Crippen molar-refractivity contribution in [2.24, 2.45) is 5.73 Å². The second-order valence-corrected chi connectivity index (χ2v) is 6.67. The molecule has 1 heterocycles. The van der Waals surface area contributed by atoms with Crippen LogP contribution in [0.2, 0.25) is 0 Å². The summed E-state index contributed by atoms with van der Waals surface area (Å²) in [4.78, 5) is 16.1. The molecule has 3 N–H and O–H groups in total. The summed E-state index contributed by atoms with van der Waals surface area (Å²) in [7, 11) is 1.96. The largest absolute Gasteiger partial charge is 0.492 e. The fourth-order valence-electron chi connectivity index (χ4n) is 3.53. The van der Waals surface area contributed by atoms with Gasteiger partial charge in [0.1, 0.15) is 18.5 Å². The van der Waals surface area contributed by atoms with Gasteiger partial charge < -0.3 is 25.6 Å². The monoisotopic (exact) mass is 368 g/mol. The Kier molecular flexibility index (Phi) is 5.86. The number of ether oxygens (including phenoxy) is 1. The van der Waals surface area contributed by atoms with Gasteiger partial charge in [-0.15, -0.1) is 0 Å². The fourth-order valence-corrected chi connectivity index (χ4v) is 3.53. The molecule has 1 amide bonds. The summed E-state index contributed by atoms with van der Waals surface area (Å²) < 4.78 is 5.95. The molecule has 0 bridgehead atoms. The number of para-hydroxylation sites is 1. The molecule has 0 radical (unpaired) electrons. The lowest BCUT2D eigenvalue weighted by atomic mass is 10.1. The number of benzene rings is 2. The molecule has 1 aliphatic heterocycles. The van der Waals surface area contributed by atoms with Crippen LogP contribution in [0.1, 0.15) is 35.9 Å². The van der Waals surface area contributed by atoms with Crippen molar-refractivity contribution in [1.29, 1.82) is 0 Å². The second-order valence-electron chi connectivity index (χ2n) is 6.67. The van der Waals surface area contributed by atoms with E-state index in [1.54, 1.807) is 6.07 Å². The normalized spacial score (nSPS) is 15.6. The van der Waals surface area contributed by atoms with Gasteiger partial charge in [-0.1, -0.05) is 32.0 Å². The van der Waals surface area contributed by atoms with Crippen molar-refractivity contribution in [3.05, 3.63) is 53.6 Å². The number of rotatable bonds is 8. The van der Waals surface area contributed by atoms with Gasteiger partial charge in [-0.25, -0.2) is 0 Å². The minimum Gasteiger partial charge on any atom is -0.492 e. The van der Waals surface area contributed by atoms with Crippen molar-refractivity contribution in [2.75, 3.05) is 43.5 Å². The van der Waals surface area contributed by atoms with Crippen molar-refractivity contribution in [2.45, 2.75) is 20.0 Å². The number of hydrogen-bond donors (Lipinski definition) is 2. The highest BCUT2D eigenvalue weighted by molar-refractivity contribution is 6.03. The van der Waals surface area contributed by atoms with Crippen molar-refractivity contribution < 1.29 is 9.53 Å². The van der Waals surface area contributed by atoms with E-state index in [9.17, 15) is 4.79 Å². The Morgan fingerprint density at radius 1 is 1.22 bits per heavy atom. The molecule has 1 unspecified atom stereocenters. The van der Waals surface area contributed by atoms with Gasteiger partial charge in [-0.3, -0.25) is 4.79 Å². The maximum Gasteiger partial charge on any atom is 0.250 e. The molecule has 0 aromatic heterocycles. The summed E-state index contributed by atoms with van der Waals surface area (Å²) in [6.07, 6.45) is -0.0770. The number of carbonyl (C=O) groups excluding carboxylic acids is 1. The Morgan fingerprint density at radius 2 is 1.96 bits per heavy atom. The van der Waals surface area contributed by atoms with E-state index in [0.717, 1.165) is 42.3 Å². The van der Waals surface area contributed by atoms with Gasteiger partial charge in [0.25, 0.3) is 5.91 Å². The van der Waals surface area contributed by atoms with Gasteiger partial charge in [0.05, 0.1) is 16.9 Å². The molecule has 2 aromatic rings. The summed E-state index contributed by atoms with van der Waals surface area (Å²) in [6, 6.07) is 13.6. The first-order valence-corrected chi connectivity index (χ1v) is 9.42. The van der Waals surface area contributed by atoms with Crippen molar-refractivity contribution in [1.82, 2.24) is 4.90 Å². The third-order valence-corrected chi connectivity index (χ3v) is 5.08. The van der Waals surface area contributed by atoms with E-state index in [-0.39, 0.29) is 6.17 Å². The first-order chi connectivity index (χ1) is 13.0. The number of primary amides is 1. The molecule has 0 spiro atoms. The molecule has 0 saturated carbocycles. The number of likely N-dealkylation sites (N-methyl/N-ethyl adjacent to an activating group) is 1. The Balaban J connectivity index is 1.74. The summed E-state index contributed by atoms with van der Waals surface area (Å²) >= 11 is 0. The van der Waals surface area contributed by atoms with Crippen molar-refractivity contribution >= 4 is 17.3 Å². The van der Waals surface area contributed by atoms with E-state index in [0.29, 0.717) is 12.2 Å². The van der Waals surface area contributed by atoms with Gasteiger partial charge in [0.15, 0.2) is 0 Å². The van der Waals surface area contributed by atoms with E-state index in [4.69, 9.17) is 10.5 Å². The third-order valence-electron chi connectivity index (χ3n) is 5.08. The Bertz CT molecular complexity index is 805. The van der Waals surface area contributed by atoms with E-state index in [1.807, 2.05) is 42.3 Å². The molecule has 6 heteroatoms. The summed E-state index contributed by atoms with van der Waals surface area (Å²) in [5.41, 5.74) is 8.89. The standard InChI is InChI=1S/C21H28N4O2/c1-4-25(5-2)12-13-27-16-9-6-8-15(14-16)21-23-18-11-7-10-17(20(22)26)19(18)24(21)3/h6-11,14,21,23H,4-5,12-13H2,1-3H3,(H2,22,26). The predicted octanol–water partition coefficient (Wildman–Crippen LogP) is 3.07.